The number of fused-ring (bicyclic) bond motifs is 16. The quantitative estimate of drug-likeness (QED) is 0.153. The average molecular weight is 987 g/mol. The van der Waals surface area contributed by atoms with E-state index in [-0.39, 0.29) is 12.1 Å². The topological polar surface area (TPSA) is 6.48 Å². The van der Waals surface area contributed by atoms with Crippen LogP contribution < -0.4 is 25.5 Å². The van der Waals surface area contributed by atoms with E-state index in [4.69, 9.17) is 0 Å². The molecule has 4 heteroatoms. The SMILES string of the molecule is Cc1cc2c3c(c1)N(c1ccc(C(C)(C)C)cc1)c1c(sc4cc5c(cc14)-c1ccc(C(C)C)cc1C51c4ccccc4-c4ccccc41)B3c1ccc(-c3c(C(C)C)cccc3C(C)C)cc1N2c1ccccc1. The van der Waals surface area contributed by atoms with Crippen LogP contribution in [0.2, 0.25) is 0 Å². The van der Waals surface area contributed by atoms with Crippen LogP contribution in [0.15, 0.2) is 182 Å². The lowest BCUT2D eigenvalue weighted by molar-refractivity contribution is 0.590. The Morgan fingerprint density at radius 1 is 0.493 bits per heavy atom. The van der Waals surface area contributed by atoms with Crippen molar-refractivity contribution in [3.05, 3.63) is 232 Å². The lowest BCUT2D eigenvalue weighted by Gasteiger charge is -2.43. The Hall–Kier alpha value is -7.40. The van der Waals surface area contributed by atoms with Gasteiger partial charge in [0.25, 0.3) is 6.71 Å². The van der Waals surface area contributed by atoms with Crippen molar-refractivity contribution >= 4 is 78.0 Å². The summed E-state index contributed by atoms with van der Waals surface area (Å²) in [4.78, 5) is 5.24. The average Bonchev–Trinajstić information content (AvgIpc) is 4.22. The molecule has 0 unspecified atom stereocenters. The zero-order valence-electron chi connectivity index (χ0n) is 44.9. The monoisotopic (exact) mass is 986 g/mol. The van der Waals surface area contributed by atoms with Gasteiger partial charge in [-0.25, -0.2) is 0 Å². The van der Waals surface area contributed by atoms with E-state index in [1.807, 2.05) is 11.3 Å². The molecular formula is C71H63BN2S. The van der Waals surface area contributed by atoms with Crippen molar-refractivity contribution in [3.63, 3.8) is 0 Å². The number of rotatable bonds is 6. The van der Waals surface area contributed by atoms with E-state index >= 15 is 0 Å². The first-order valence-electron chi connectivity index (χ1n) is 27.4. The zero-order chi connectivity index (χ0) is 51.4. The van der Waals surface area contributed by atoms with Crippen LogP contribution in [0, 0.1) is 6.92 Å². The molecule has 0 radical (unpaired) electrons. The van der Waals surface area contributed by atoms with Gasteiger partial charge < -0.3 is 9.80 Å². The van der Waals surface area contributed by atoms with Crippen LogP contribution in [0.1, 0.15) is 130 Å². The third-order valence-electron chi connectivity index (χ3n) is 17.4. The van der Waals surface area contributed by atoms with Crippen LogP contribution in [0.4, 0.5) is 34.1 Å². The van der Waals surface area contributed by atoms with Crippen molar-refractivity contribution in [3.8, 4) is 33.4 Å². The Bertz CT molecular complexity index is 3930. The van der Waals surface area contributed by atoms with Gasteiger partial charge in [-0.15, -0.1) is 11.3 Å². The summed E-state index contributed by atoms with van der Waals surface area (Å²) in [6, 6.07) is 71.2. The molecule has 0 N–H and O–H groups in total. The van der Waals surface area contributed by atoms with Crippen LogP contribution in [-0.2, 0) is 10.8 Å². The Morgan fingerprint density at radius 3 is 1.73 bits per heavy atom. The largest absolute Gasteiger partial charge is 0.311 e. The molecule has 2 aliphatic carbocycles. The van der Waals surface area contributed by atoms with E-state index in [0.29, 0.717) is 17.8 Å². The predicted molar refractivity (Wildman–Crippen MR) is 323 cm³/mol. The fraction of sp³-hybridized carbons (Fsp3) is 0.211. The molecule has 9 aromatic carbocycles. The van der Waals surface area contributed by atoms with E-state index in [9.17, 15) is 0 Å². The third-order valence-corrected chi connectivity index (χ3v) is 18.6. The summed E-state index contributed by atoms with van der Waals surface area (Å²) < 4.78 is 2.73. The summed E-state index contributed by atoms with van der Waals surface area (Å²) in [5.41, 5.74) is 30.1. The van der Waals surface area contributed by atoms with Crippen LogP contribution in [0.3, 0.4) is 0 Å². The Balaban J connectivity index is 1.09. The van der Waals surface area contributed by atoms with Crippen molar-refractivity contribution in [1.29, 1.82) is 0 Å². The molecule has 0 amide bonds. The normalized spacial score (nSPS) is 14.4. The number of para-hydroxylation sites is 1. The molecule has 0 fully saturated rings. The smallest absolute Gasteiger partial charge is 0.264 e. The van der Waals surface area contributed by atoms with Gasteiger partial charge in [-0.2, -0.15) is 0 Å². The van der Waals surface area contributed by atoms with Gasteiger partial charge in [0, 0.05) is 43.3 Å². The van der Waals surface area contributed by atoms with Crippen molar-refractivity contribution in [2.75, 3.05) is 9.80 Å². The molecule has 1 aromatic heterocycles. The number of hydrogen-bond acceptors (Lipinski definition) is 3. The van der Waals surface area contributed by atoms with Gasteiger partial charge in [-0.1, -0.05) is 190 Å². The maximum atomic E-state index is 2.65. The fourth-order valence-corrected chi connectivity index (χ4v) is 15.2. The molecule has 14 rings (SSSR count). The van der Waals surface area contributed by atoms with E-state index in [2.05, 4.69) is 261 Å². The van der Waals surface area contributed by atoms with Gasteiger partial charge in [0.1, 0.15) is 0 Å². The summed E-state index contributed by atoms with van der Waals surface area (Å²) in [7, 11) is 0. The standard InChI is InChI=1S/C71H63BN2S/c1-41(2)45-27-33-54-55-39-56-65(40-60(55)71(59(54)37-45)57-25-16-14-21-52(57)53-22-15-17-26-58(53)71)75-69-68(56)74(49-31-29-47(30-32-49)70(8,9)10)64-36-44(7)35-63-67(64)72(69)61-34-28-46(38-62(61)73(63)48-19-12-11-13-20-48)66-50(42(3)4)23-18-24-51(66)43(5)6/h11-43H,1-10H3. The van der Waals surface area contributed by atoms with Crippen LogP contribution in [0.5, 0.6) is 0 Å². The van der Waals surface area contributed by atoms with E-state index in [1.54, 1.807) is 0 Å². The number of nitrogens with zero attached hydrogens (tertiary/aromatic N) is 2. The highest BCUT2D eigenvalue weighted by atomic mass is 32.1. The predicted octanol–water partition coefficient (Wildman–Crippen LogP) is 18.0. The molecule has 366 valence electrons. The lowest BCUT2D eigenvalue weighted by atomic mass is 9.36. The van der Waals surface area contributed by atoms with Crippen LogP contribution in [-0.4, -0.2) is 6.71 Å². The minimum absolute atomic E-state index is 0.000332. The molecule has 0 saturated carbocycles. The number of aryl methyl sites for hydroxylation is 1. The second-order valence-electron chi connectivity index (χ2n) is 23.9. The Labute approximate surface area is 448 Å². The molecule has 4 aliphatic rings. The lowest BCUT2D eigenvalue weighted by Crippen LogP contribution is -2.60. The van der Waals surface area contributed by atoms with Crippen molar-refractivity contribution in [2.24, 2.45) is 0 Å². The third kappa shape index (κ3) is 6.51. The van der Waals surface area contributed by atoms with Gasteiger partial charge in [0.2, 0.25) is 0 Å². The maximum Gasteiger partial charge on any atom is 0.264 e. The maximum absolute atomic E-state index is 2.65. The van der Waals surface area contributed by atoms with Gasteiger partial charge in [0.05, 0.1) is 11.1 Å². The van der Waals surface area contributed by atoms with Gasteiger partial charge >= 0.3 is 0 Å². The second-order valence-corrected chi connectivity index (χ2v) is 24.9. The molecule has 10 aromatic rings. The van der Waals surface area contributed by atoms with Gasteiger partial charge in [0.15, 0.2) is 0 Å². The minimum Gasteiger partial charge on any atom is -0.311 e. The van der Waals surface area contributed by atoms with Crippen LogP contribution in [0.25, 0.3) is 43.5 Å². The number of benzene rings is 9. The van der Waals surface area contributed by atoms with Crippen LogP contribution >= 0.6 is 11.3 Å². The van der Waals surface area contributed by atoms with Crippen molar-refractivity contribution in [2.45, 2.75) is 97.8 Å². The molecule has 2 nitrogen and oxygen atoms in total. The van der Waals surface area contributed by atoms with Gasteiger partial charge in [-0.05, 0) is 179 Å². The van der Waals surface area contributed by atoms with Crippen molar-refractivity contribution < 1.29 is 0 Å². The fourth-order valence-electron chi connectivity index (χ4n) is 13.9. The summed E-state index contributed by atoms with van der Waals surface area (Å²) in [5.74, 6) is 1.16. The summed E-state index contributed by atoms with van der Waals surface area (Å²) >= 11 is 2.02. The Morgan fingerprint density at radius 2 is 1.09 bits per heavy atom. The first kappa shape index (κ1) is 46.2. The number of thiophene rings is 1. The molecular weight excluding hydrogens is 924 g/mol. The first-order valence-corrected chi connectivity index (χ1v) is 28.2. The zero-order valence-corrected chi connectivity index (χ0v) is 45.7. The molecule has 0 atom stereocenters. The van der Waals surface area contributed by atoms with E-state index in [1.165, 1.54) is 143 Å². The highest BCUT2D eigenvalue weighted by Crippen LogP contribution is 2.64. The minimum atomic E-state index is -0.442. The first-order chi connectivity index (χ1) is 36.2. The molecule has 1 spiro atoms. The summed E-state index contributed by atoms with van der Waals surface area (Å²) in [6.45, 7) is 23.3. The van der Waals surface area contributed by atoms with E-state index < -0.39 is 5.41 Å². The highest BCUT2D eigenvalue weighted by molar-refractivity contribution is 7.33. The summed E-state index contributed by atoms with van der Waals surface area (Å²) in [5, 5.41) is 1.31. The Kier molecular flexibility index (Phi) is 10.2. The summed E-state index contributed by atoms with van der Waals surface area (Å²) in [6.07, 6.45) is 0. The molecule has 0 bridgehead atoms. The van der Waals surface area contributed by atoms with Gasteiger partial charge in [-0.3, -0.25) is 0 Å². The number of anilines is 6. The molecule has 3 heterocycles. The highest BCUT2D eigenvalue weighted by Gasteiger charge is 2.53. The molecule has 0 saturated heterocycles. The second kappa shape index (κ2) is 16.6. The van der Waals surface area contributed by atoms with E-state index in [0.717, 1.165) is 0 Å². The van der Waals surface area contributed by atoms with Crippen molar-refractivity contribution in [1.82, 2.24) is 0 Å². The number of hydrogen-bond donors (Lipinski definition) is 0. The molecule has 75 heavy (non-hydrogen) atoms. The molecule has 2 aliphatic heterocycles.